The Morgan fingerprint density at radius 2 is 2.00 bits per heavy atom. The van der Waals surface area contributed by atoms with E-state index in [9.17, 15) is 9.36 Å². The molecular formula is C13H14ClN2O5P. The Labute approximate surface area is 132 Å². The van der Waals surface area contributed by atoms with Gasteiger partial charge in [0.2, 0.25) is 0 Å². The van der Waals surface area contributed by atoms with Gasteiger partial charge in [-0.25, -0.2) is 4.79 Å². The van der Waals surface area contributed by atoms with Crippen LogP contribution in [0, 0.1) is 11.3 Å². The molecule has 1 aromatic carbocycles. The van der Waals surface area contributed by atoms with Gasteiger partial charge in [0.15, 0.2) is 0 Å². The molecule has 0 atom stereocenters. The number of carbonyl (C=O) groups excluding carboxylic acids is 1. The summed E-state index contributed by atoms with van der Waals surface area (Å²) in [5.41, 5.74) is -0.497. The van der Waals surface area contributed by atoms with Crippen molar-refractivity contribution < 1.29 is 23.2 Å². The van der Waals surface area contributed by atoms with Crippen molar-refractivity contribution in [2.75, 3.05) is 13.2 Å². The van der Waals surface area contributed by atoms with Crippen molar-refractivity contribution >= 4 is 30.6 Å². The van der Waals surface area contributed by atoms with Crippen molar-refractivity contribution in [1.29, 1.82) is 5.26 Å². The summed E-state index contributed by atoms with van der Waals surface area (Å²) in [6.45, 7) is 3.25. The summed E-state index contributed by atoms with van der Waals surface area (Å²) in [5.74, 6) is -0.852. The molecule has 9 heteroatoms. The van der Waals surface area contributed by atoms with E-state index >= 15 is 0 Å². The first-order valence-corrected chi connectivity index (χ1v) is 8.23. The Kier molecular flexibility index (Phi) is 7.22. The first kappa shape index (κ1) is 18.3. The van der Waals surface area contributed by atoms with Crippen LogP contribution in [0.25, 0.3) is 0 Å². The lowest BCUT2D eigenvalue weighted by Crippen LogP contribution is -2.08. The Hall–Kier alpha value is -1.71. The maximum absolute atomic E-state index is 12.3. The number of hydrogen-bond acceptors (Lipinski definition) is 7. The van der Waals surface area contributed by atoms with Crippen molar-refractivity contribution in [3.8, 4) is 6.07 Å². The number of carbonyl (C=O) groups is 1. The van der Waals surface area contributed by atoms with Crippen LogP contribution < -0.4 is 0 Å². The third kappa shape index (κ3) is 4.93. The molecule has 1 rings (SSSR count). The molecular weight excluding hydrogens is 331 g/mol. The summed E-state index contributed by atoms with van der Waals surface area (Å²) >= 11 is 5.75. The third-order valence-corrected chi connectivity index (χ3v) is 4.36. The fourth-order valence-electron chi connectivity index (χ4n) is 1.38. The summed E-state index contributed by atoms with van der Waals surface area (Å²) in [5, 5.41) is 12.7. The van der Waals surface area contributed by atoms with E-state index in [-0.39, 0.29) is 18.8 Å². The van der Waals surface area contributed by atoms with E-state index in [2.05, 4.69) is 9.99 Å². The molecule has 0 bridgehead atoms. The minimum absolute atomic E-state index is 0.0419. The van der Waals surface area contributed by atoms with E-state index < -0.39 is 19.0 Å². The summed E-state index contributed by atoms with van der Waals surface area (Å²) < 4.78 is 22.2. The van der Waals surface area contributed by atoms with Crippen LogP contribution in [0.5, 0.6) is 0 Å². The lowest BCUT2D eigenvalue weighted by atomic mass is 10.2. The monoisotopic (exact) mass is 344 g/mol. The number of hydrogen-bond donors (Lipinski definition) is 0. The van der Waals surface area contributed by atoms with Gasteiger partial charge in [0.05, 0.1) is 18.8 Å². The molecule has 0 aliphatic heterocycles. The molecule has 0 saturated heterocycles. The smallest absolute Gasteiger partial charge is 0.311 e. The highest BCUT2D eigenvalue weighted by atomic mass is 35.5. The normalized spacial score (nSPS) is 11.8. The second-order valence-electron chi connectivity index (χ2n) is 3.75. The number of nitrogens with zero attached hydrogens (tertiary/aromatic N) is 2. The van der Waals surface area contributed by atoms with Crippen LogP contribution in [0.3, 0.4) is 0 Å². The maximum Gasteiger partial charge on any atom is 0.393 e. The lowest BCUT2D eigenvalue weighted by molar-refractivity contribution is 0.0517. The molecule has 1 aromatic rings. The van der Waals surface area contributed by atoms with Gasteiger partial charge in [-0.15, -0.1) is 0 Å². The molecule has 0 fully saturated rings. The number of halogens is 1. The summed E-state index contributed by atoms with van der Waals surface area (Å²) in [6.07, 6.45) is 0. The number of benzene rings is 1. The highest BCUT2D eigenvalue weighted by Crippen LogP contribution is 2.49. The van der Waals surface area contributed by atoms with Gasteiger partial charge in [0.1, 0.15) is 6.07 Å². The van der Waals surface area contributed by atoms with Crippen molar-refractivity contribution in [2.24, 2.45) is 5.16 Å². The minimum Gasteiger partial charge on any atom is -0.311 e. The van der Waals surface area contributed by atoms with E-state index in [1.807, 2.05) is 0 Å². The zero-order chi connectivity index (χ0) is 16.6. The molecule has 0 spiro atoms. The number of nitriles is 1. The highest BCUT2D eigenvalue weighted by Gasteiger charge is 2.33. The zero-order valence-electron chi connectivity index (χ0n) is 12.0. The Bertz CT molecular complexity index is 646. The summed E-state index contributed by atoms with van der Waals surface area (Å²) in [7, 11) is -3.90. The molecule has 0 amide bonds. The van der Waals surface area contributed by atoms with Crippen LogP contribution in [-0.4, -0.2) is 24.6 Å². The standard InChI is InChI=1S/C13H14ClN2O5P/c1-3-19-22(18,20-4-2)12(9-15)16-21-13(17)10-6-5-7-11(14)8-10/h5-8H,3-4H2,1-2H3. The van der Waals surface area contributed by atoms with Crippen LogP contribution in [0.2, 0.25) is 5.02 Å². The van der Waals surface area contributed by atoms with Crippen LogP contribution in [0.1, 0.15) is 24.2 Å². The first-order valence-electron chi connectivity index (χ1n) is 6.31. The molecule has 118 valence electrons. The molecule has 0 unspecified atom stereocenters. The fraction of sp³-hybridized carbons (Fsp3) is 0.308. The predicted molar refractivity (Wildman–Crippen MR) is 80.8 cm³/mol. The molecule has 0 heterocycles. The largest absolute Gasteiger partial charge is 0.393 e. The summed E-state index contributed by atoms with van der Waals surface area (Å²) in [6, 6.07) is 7.53. The molecule has 7 nitrogen and oxygen atoms in total. The Balaban J connectivity index is 2.95. The maximum atomic E-state index is 12.3. The predicted octanol–water partition coefficient (Wildman–Crippen LogP) is 3.60. The van der Waals surface area contributed by atoms with E-state index in [1.54, 1.807) is 32.0 Å². The Morgan fingerprint density at radius 1 is 1.36 bits per heavy atom. The van der Waals surface area contributed by atoms with E-state index in [4.69, 9.17) is 25.9 Å². The fourth-order valence-corrected chi connectivity index (χ4v) is 2.84. The topological polar surface area (TPSA) is 98.0 Å². The van der Waals surface area contributed by atoms with Gasteiger partial charge in [0.25, 0.3) is 5.45 Å². The molecule has 0 N–H and O–H groups in total. The van der Waals surface area contributed by atoms with Gasteiger partial charge in [-0.3, -0.25) is 4.57 Å². The zero-order valence-corrected chi connectivity index (χ0v) is 13.6. The van der Waals surface area contributed by atoms with Crippen LogP contribution >= 0.6 is 19.2 Å². The van der Waals surface area contributed by atoms with Gasteiger partial charge in [-0.2, -0.15) is 5.26 Å². The first-order chi connectivity index (χ1) is 10.5. The summed E-state index contributed by atoms with van der Waals surface area (Å²) in [4.78, 5) is 16.4. The average molecular weight is 345 g/mol. The molecule has 0 aromatic heterocycles. The third-order valence-electron chi connectivity index (χ3n) is 2.23. The lowest BCUT2D eigenvalue weighted by Gasteiger charge is -2.13. The van der Waals surface area contributed by atoms with Crippen molar-refractivity contribution in [3.63, 3.8) is 0 Å². The van der Waals surface area contributed by atoms with Gasteiger partial charge in [-0.1, -0.05) is 22.8 Å². The average Bonchev–Trinajstić information content (AvgIpc) is 2.48. The van der Waals surface area contributed by atoms with Crippen LogP contribution in [0.4, 0.5) is 0 Å². The molecule has 0 aliphatic rings. The SMILES string of the molecule is CCOP(=O)(OCC)C(C#N)=NOC(=O)c1cccc(Cl)c1. The minimum atomic E-state index is -3.90. The van der Waals surface area contributed by atoms with Gasteiger partial charge in [-0.05, 0) is 32.0 Å². The second kappa shape index (κ2) is 8.66. The number of rotatable bonds is 7. The van der Waals surface area contributed by atoms with E-state index in [0.717, 1.165) is 0 Å². The van der Waals surface area contributed by atoms with Gasteiger partial charge < -0.3 is 13.9 Å². The van der Waals surface area contributed by atoms with Crippen molar-refractivity contribution in [2.45, 2.75) is 13.8 Å². The van der Waals surface area contributed by atoms with Gasteiger partial charge in [0, 0.05) is 5.02 Å². The highest BCUT2D eigenvalue weighted by molar-refractivity contribution is 7.73. The molecule has 22 heavy (non-hydrogen) atoms. The van der Waals surface area contributed by atoms with Gasteiger partial charge >= 0.3 is 13.6 Å². The van der Waals surface area contributed by atoms with Crippen molar-refractivity contribution in [3.05, 3.63) is 34.9 Å². The Morgan fingerprint density at radius 3 is 2.50 bits per heavy atom. The van der Waals surface area contributed by atoms with E-state index in [1.165, 1.54) is 12.1 Å². The molecule has 0 aliphatic carbocycles. The quantitative estimate of drug-likeness (QED) is 0.324. The van der Waals surface area contributed by atoms with Crippen LogP contribution in [0.15, 0.2) is 29.4 Å². The van der Waals surface area contributed by atoms with Crippen LogP contribution in [-0.2, 0) is 18.5 Å². The van der Waals surface area contributed by atoms with Crippen molar-refractivity contribution in [1.82, 2.24) is 0 Å². The second-order valence-corrected chi connectivity index (χ2v) is 6.12. The molecule has 0 saturated carbocycles. The van der Waals surface area contributed by atoms with E-state index in [0.29, 0.717) is 5.02 Å². The molecule has 0 radical (unpaired) electrons. The number of oxime groups is 1.